The summed E-state index contributed by atoms with van der Waals surface area (Å²) in [5.41, 5.74) is -9.40. The topological polar surface area (TPSA) is 66.8 Å². The Morgan fingerprint density at radius 2 is 0.528 bits per heavy atom. The van der Waals surface area contributed by atoms with Gasteiger partial charge in [-0.05, 0) is 0 Å². The van der Waals surface area contributed by atoms with E-state index in [-0.39, 0.29) is 0 Å². The minimum atomic E-state index is -10.2. The summed E-state index contributed by atoms with van der Waals surface area (Å²) < 4.78 is 431. The Kier molecular flexibility index (Phi) is 12.2. The lowest BCUT2D eigenvalue weighted by molar-refractivity contribution is -0.490. The molecule has 2 N–H and O–H groups in total. The molecule has 0 amide bonds. The van der Waals surface area contributed by atoms with Crippen molar-refractivity contribution in [2.45, 2.75) is 95.5 Å². The smallest absolute Gasteiger partial charge is 0.303 e. The van der Waals surface area contributed by atoms with Gasteiger partial charge in [-0.1, -0.05) is 0 Å². The van der Waals surface area contributed by atoms with Crippen molar-refractivity contribution < 1.29 is 155 Å². The van der Waals surface area contributed by atoms with Gasteiger partial charge in [-0.3, -0.25) is 4.52 Å². The van der Waals surface area contributed by atoms with Crippen molar-refractivity contribution in [1.82, 2.24) is 0 Å². The summed E-state index contributed by atoms with van der Waals surface area (Å²) in [6.45, 7) is -2.76. The maximum absolute atomic E-state index is 13.9. The summed E-state index contributed by atoms with van der Waals surface area (Å²) in [6.07, 6.45) is -21.2. The maximum atomic E-state index is 13.9. The quantitative estimate of drug-likeness (QED) is 0.120. The van der Waals surface area contributed by atoms with Crippen LogP contribution in [0, 0.1) is 0 Å². The Balaban J connectivity index is 7.60. The van der Waals surface area contributed by atoms with Crippen LogP contribution in [0.3, 0.4) is 0 Å². The van der Waals surface area contributed by atoms with Gasteiger partial charge in [0.1, 0.15) is 0 Å². The fourth-order valence-corrected chi connectivity index (χ4v) is 3.52. The Hall–Kier alpha value is -2.06. The fourth-order valence-electron chi connectivity index (χ4n) is 3.19. The van der Waals surface area contributed by atoms with Gasteiger partial charge in [0.2, 0.25) is 0 Å². The van der Waals surface area contributed by atoms with Gasteiger partial charge in [0.25, 0.3) is 0 Å². The third-order valence-electron chi connectivity index (χ3n) is 6.29. The number of hydrogen-bond donors (Lipinski definition) is 2. The maximum Gasteiger partial charge on any atom is 0.469 e. The molecule has 0 spiro atoms. The highest BCUT2D eigenvalue weighted by molar-refractivity contribution is 7.46. The predicted molar refractivity (Wildman–Crippen MR) is 97.9 cm³/mol. The third-order valence-corrected chi connectivity index (χ3v) is 6.81. The lowest BCUT2D eigenvalue weighted by Gasteiger charge is -2.47. The molecule has 0 heterocycles. The van der Waals surface area contributed by atoms with Crippen LogP contribution in [0.1, 0.15) is 6.42 Å². The average Bonchev–Trinajstić information content (AvgIpc) is 2.88. The molecule has 320 valence electrons. The first-order valence-electron chi connectivity index (χ1n) is 11.3. The van der Waals surface area contributed by atoms with Crippen LogP contribution in [0.2, 0.25) is 0 Å². The molecular formula is C17H6F31O4P. The Bertz CT molecular complexity index is 1350. The molecule has 0 aliphatic carbocycles. The summed E-state index contributed by atoms with van der Waals surface area (Å²) in [4.78, 5) is 16.2. The molecule has 0 rings (SSSR count). The van der Waals surface area contributed by atoms with Crippen LogP contribution in [-0.2, 0) is 9.09 Å². The van der Waals surface area contributed by atoms with Crippen molar-refractivity contribution in [3.63, 3.8) is 0 Å². The molecule has 0 aromatic carbocycles. The van der Waals surface area contributed by atoms with Crippen molar-refractivity contribution in [3.8, 4) is 0 Å². The molecule has 0 atom stereocenters. The van der Waals surface area contributed by atoms with Crippen molar-refractivity contribution in [1.29, 1.82) is 0 Å². The van der Waals surface area contributed by atoms with Crippen molar-refractivity contribution in [3.05, 3.63) is 0 Å². The molecule has 0 aromatic rings. The average molecular weight is 894 g/mol. The van der Waals surface area contributed by atoms with Gasteiger partial charge in [-0.15, -0.1) is 0 Å². The standard InChI is InChI=1S/C17H6F31O4P/c18-3(19,1-2-52-53(49,50)51)5(21,22)7(25,26)9(29,30)11(33,34)13(37,38)15(41,42)14(39,40)12(35,36)10(31,32)8(27,28)6(23,24)4(20,16(43,44)45)17(46,47)48/h1-2H2,(H2,49,50,51). The second kappa shape index (κ2) is 12.7. The van der Waals surface area contributed by atoms with Crippen LogP contribution >= 0.6 is 7.82 Å². The van der Waals surface area contributed by atoms with Crippen LogP contribution in [0.15, 0.2) is 0 Å². The van der Waals surface area contributed by atoms with Gasteiger partial charge >= 0.3 is 96.9 Å². The monoisotopic (exact) mass is 894 g/mol. The SMILES string of the molecule is O=P(O)(O)OCCC(F)(F)C(F)(F)C(F)(F)C(F)(F)C(F)(F)C(F)(F)C(F)(F)C(F)(F)C(F)(F)C(F)(F)C(F)(F)C(F)(F)C(F)(C(F)(F)F)C(F)(F)F. The van der Waals surface area contributed by atoms with Crippen LogP contribution < -0.4 is 0 Å². The zero-order valence-corrected chi connectivity index (χ0v) is 23.7. The molecule has 0 fully saturated rings. The molecule has 0 bridgehead atoms. The first-order chi connectivity index (χ1) is 22.2. The molecule has 0 aromatic heterocycles. The lowest BCUT2D eigenvalue weighted by Crippen LogP contribution is -2.80. The molecule has 0 radical (unpaired) electrons. The summed E-state index contributed by atoms with van der Waals surface area (Å²) in [6, 6.07) is 0. The third kappa shape index (κ3) is 6.59. The zero-order chi connectivity index (χ0) is 44.1. The van der Waals surface area contributed by atoms with E-state index < -0.39 is 110 Å². The van der Waals surface area contributed by atoms with E-state index in [9.17, 15) is 141 Å². The number of phosphoric acid groups is 1. The summed E-state index contributed by atoms with van der Waals surface area (Å²) in [5, 5.41) is 0. The van der Waals surface area contributed by atoms with Gasteiger partial charge in [-0.2, -0.15) is 132 Å². The number of hydrogen-bond acceptors (Lipinski definition) is 2. The lowest BCUT2D eigenvalue weighted by atomic mass is 9.81. The van der Waals surface area contributed by atoms with Crippen molar-refractivity contribution in [2.75, 3.05) is 6.61 Å². The van der Waals surface area contributed by atoms with Gasteiger partial charge < -0.3 is 9.79 Å². The fraction of sp³-hybridized carbons (Fsp3) is 1.00. The first-order valence-corrected chi connectivity index (χ1v) is 12.8. The highest BCUT2D eigenvalue weighted by Crippen LogP contribution is 2.70. The van der Waals surface area contributed by atoms with E-state index in [4.69, 9.17) is 9.79 Å². The van der Waals surface area contributed by atoms with Crippen LogP contribution in [-0.4, -0.2) is 105 Å². The number of phosphoric ester groups is 1. The highest BCUT2D eigenvalue weighted by Gasteiger charge is 3.02. The van der Waals surface area contributed by atoms with E-state index in [0.717, 1.165) is 0 Å². The Morgan fingerprint density at radius 3 is 0.717 bits per heavy atom. The van der Waals surface area contributed by atoms with Crippen molar-refractivity contribution in [2.24, 2.45) is 0 Å². The van der Waals surface area contributed by atoms with E-state index in [0.29, 0.717) is 0 Å². The molecule has 0 saturated heterocycles. The number of halogens is 31. The molecule has 0 saturated carbocycles. The first kappa shape index (κ1) is 50.9. The van der Waals surface area contributed by atoms with Crippen LogP contribution in [0.5, 0.6) is 0 Å². The number of alkyl halides is 31. The summed E-state index contributed by atoms with van der Waals surface area (Å²) >= 11 is 0. The largest absolute Gasteiger partial charge is 0.469 e. The minimum Gasteiger partial charge on any atom is -0.303 e. The summed E-state index contributed by atoms with van der Waals surface area (Å²) in [7, 11) is -6.14. The van der Waals surface area contributed by atoms with E-state index in [1.807, 2.05) is 0 Å². The van der Waals surface area contributed by atoms with Crippen LogP contribution in [0.25, 0.3) is 0 Å². The van der Waals surface area contributed by atoms with E-state index in [1.165, 1.54) is 0 Å². The van der Waals surface area contributed by atoms with Gasteiger partial charge in [0, 0.05) is 6.42 Å². The Morgan fingerprint density at radius 1 is 0.340 bits per heavy atom. The Labute approximate surface area is 266 Å². The summed E-state index contributed by atoms with van der Waals surface area (Å²) in [5.74, 6) is -115. The van der Waals surface area contributed by atoms with Crippen LogP contribution in [0.4, 0.5) is 136 Å². The van der Waals surface area contributed by atoms with E-state index >= 15 is 0 Å². The van der Waals surface area contributed by atoms with Gasteiger partial charge in [0.15, 0.2) is 0 Å². The second-order valence-electron chi connectivity index (χ2n) is 9.75. The molecule has 0 unspecified atom stereocenters. The minimum absolute atomic E-state index is 2.76. The predicted octanol–water partition coefficient (Wildman–Crippen LogP) is 9.94. The van der Waals surface area contributed by atoms with Crippen molar-refractivity contribution >= 4 is 7.82 Å². The normalized spacial score (nSPS) is 17.1. The molecule has 0 aliphatic heterocycles. The molecule has 0 aliphatic rings. The number of rotatable bonds is 16. The highest BCUT2D eigenvalue weighted by atomic mass is 31.2. The second-order valence-corrected chi connectivity index (χ2v) is 11.0. The molecule has 53 heavy (non-hydrogen) atoms. The van der Waals surface area contributed by atoms with Gasteiger partial charge in [-0.25, -0.2) is 8.96 Å². The van der Waals surface area contributed by atoms with Gasteiger partial charge in [0.05, 0.1) is 6.61 Å². The molecule has 36 heteroatoms. The van der Waals surface area contributed by atoms with E-state index in [2.05, 4.69) is 4.52 Å². The molecular weight excluding hydrogens is 888 g/mol. The van der Waals surface area contributed by atoms with E-state index in [1.54, 1.807) is 0 Å². The zero-order valence-electron chi connectivity index (χ0n) is 22.8. The molecule has 4 nitrogen and oxygen atoms in total.